The second kappa shape index (κ2) is 9.97. The molecule has 2 aliphatic carbocycles. The summed E-state index contributed by atoms with van der Waals surface area (Å²) in [5, 5.41) is 3.29. The molecule has 7 nitrogen and oxygen atoms in total. The van der Waals surface area contributed by atoms with Crippen LogP contribution in [-0.2, 0) is 17.1 Å². The number of pyridine rings is 1. The van der Waals surface area contributed by atoms with Crippen LogP contribution in [-0.4, -0.2) is 42.3 Å². The van der Waals surface area contributed by atoms with Gasteiger partial charge in [0.2, 0.25) is 15.5 Å². The lowest BCUT2D eigenvalue weighted by Gasteiger charge is -2.30. The molecule has 0 saturated heterocycles. The predicted molar refractivity (Wildman–Crippen MR) is 130 cm³/mol. The molecule has 2 aliphatic rings. The molecule has 2 aromatic rings. The summed E-state index contributed by atoms with van der Waals surface area (Å²) >= 11 is 0. The molecule has 33 heavy (non-hydrogen) atoms. The molecule has 1 amide bonds. The summed E-state index contributed by atoms with van der Waals surface area (Å²) in [4.78, 5) is 26.4. The first-order chi connectivity index (χ1) is 15.8. The number of benzene rings is 1. The highest BCUT2D eigenvalue weighted by atomic mass is 32.2. The molecule has 1 N–H and O–H groups in total. The van der Waals surface area contributed by atoms with E-state index in [0.29, 0.717) is 5.52 Å². The van der Waals surface area contributed by atoms with Crippen molar-refractivity contribution in [3.8, 4) is 0 Å². The van der Waals surface area contributed by atoms with Crippen LogP contribution in [0.3, 0.4) is 0 Å². The molecule has 8 heteroatoms. The van der Waals surface area contributed by atoms with E-state index in [1.54, 1.807) is 37.0 Å². The summed E-state index contributed by atoms with van der Waals surface area (Å²) in [5.74, 6) is -0.378. The van der Waals surface area contributed by atoms with E-state index in [2.05, 4.69) is 5.32 Å². The van der Waals surface area contributed by atoms with Crippen molar-refractivity contribution in [1.29, 1.82) is 0 Å². The predicted octanol–water partition coefficient (Wildman–Crippen LogP) is 3.94. The second-order valence-electron chi connectivity index (χ2n) is 9.64. The third kappa shape index (κ3) is 5.01. The van der Waals surface area contributed by atoms with E-state index in [0.717, 1.165) is 57.8 Å². The fraction of sp³-hybridized carbons (Fsp3) is 0.600. The van der Waals surface area contributed by atoms with Crippen molar-refractivity contribution in [2.24, 2.45) is 7.05 Å². The maximum atomic E-state index is 13.3. The number of nitrogens with zero attached hydrogens (tertiary/aromatic N) is 2. The van der Waals surface area contributed by atoms with Crippen LogP contribution in [0.4, 0.5) is 0 Å². The van der Waals surface area contributed by atoms with Crippen LogP contribution in [0.1, 0.15) is 81.0 Å². The van der Waals surface area contributed by atoms with Gasteiger partial charge >= 0.3 is 0 Å². The number of hydrogen-bond donors (Lipinski definition) is 1. The third-order valence-electron chi connectivity index (χ3n) is 7.36. The fourth-order valence-corrected chi connectivity index (χ4v) is 6.73. The van der Waals surface area contributed by atoms with E-state index in [4.69, 9.17) is 0 Å². The van der Waals surface area contributed by atoms with Gasteiger partial charge in [0, 0.05) is 37.8 Å². The molecule has 2 saturated carbocycles. The number of amides is 1. The lowest BCUT2D eigenvalue weighted by Crippen LogP contribution is -2.38. The smallest absolute Gasteiger partial charge is 0.256 e. The third-order valence-corrected chi connectivity index (χ3v) is 9.27. The van der Waals surface area contributed by atoms with Crippen molar-refractivity contribution in [2.45, 2.75) is 87.6 Å². The first kappa shape index (κ1) is 24.0. The molecule has 0 radical (unpaired) electrons. The largest absolute Gasteiger partial charge is 0.350 e. The van der Waals surface area contributed by atoms with Gasteiger partial charge in [-0.25, -0.2) is 8.42 Å². The zero-order chi connectivity index (χ0) is 23.6. The number of carbonyl (C=O) groups excluding carboxylic acids is 1. The van der Waals surface area contributed by atoms with Crippen molar-refractivity contribution >= 4 is 26.8 Å². The van der Waals surface area contributed by atoms with Crippen molar-refractivity contribution < 1.29 is 13.2 Å². The molecular weight excluding hydrogens is 438 g/mol. The minimum absolute atomic E-state index is 0.0148. The Hall–Kier alpha value is -2.19. The average Bonchev–Trinajstić information content (AvgIpc) is 3.09. The molecule has 180 valence electrons. The van der Waals surface area contributed by atoms with E-state index < -0.39 is 15.5 Å². The van der Waals surface area contributed by atoms with Gasteiger partial charge in [-0.05, 0) is 43.9 Å². The number of aryl methyl sites for hydroxylation is 1. The summed E-state index contributed by atoms with van der Waals surface area (Å²) in [7, 11) is -0.335. The molecule has 4 rings (SSSR count). The van der Waals surface area contributed by atoms with Crippen LogP contribution in [0.15, 0.2) is 34.1 Å². The van der Waals surface area contributed by atoms with E-state index in [1.807, 2.05) is 0 Å². The quantitative estimate of drug-likeness (QED) is 0.666. The Morgan fingerprint density at radius 2 is 1.61 bits per heavy atom. The maximum Gasteiger partial charge on any atom is 0.256 e. The Morgan fingerprint density at radius 3 is 2.27 bits per heavy atom. The van der Waals surface area contributed by atoms with Crippen molar-refractivity contribution in [3.63, 3.8) is 0 Å². The van der Waals surface area contributed by atoms with Crippen LogP contribution >= 0.6 is 0 Å². The SMILES string of the molecule is CN(C1CCCCC1)S(=O)(=O)c1ccc2c(c1)c(=O)c(C(=O)NC1CCCCCC1)cn2C. The molecule has 0 atom stereocenters. The lowest BCUT2D eigenvalue weighted by atomic mass is 9.96. The van der Waals surface area contributed by atoms with Gasteiger partial charge in [0.1, 0.15) is 5.56 Å². The lowest BCUT2D eigenvalue weighted by molar-refractivity contribution is 0.0931. The molecule has 1 aromatic heterocycles. The fourth-order valence-electron chi connectivity index (χ4n) is 5.29. The van der Waals surface area contributed by atoms with Crippen molar-refractivity contribution in [3.05, 3.63) is 40.2 Å². The van der Waals surface area contributed by atoms with Gasteiger partial charge in [-0.1, -0.05) is 44.9 Å². The van der Waals surface area contributed by atoms with Crippen molar-refractivity contribution in [2.75, 3.05) is 7.05 Å². The maximum absolute atomic E-state index is 13.3. The Balaban J connectivity index is 1.67. The highest BCUT2D eigenvalue weighted by Crippen LogP contribution is 2.27. The van der Waals surface area contributed by atoms with E-state index in [1.165, 1.54) is 23.2 Å². The number of aromatic nitrogens is 1. The van der Waals surface area contributed by atoms with Crippen LogP contribution in [0, 0.1) is 0 Å². The number of rotatable bonds is 5. The van der Waals surface area contributed by atoms with Crippen LogP contribution in [0.5, 0.6) is 0 Å². The van der Waals surface area contributed by atoms with E-state index >= 15 is 0 Å². The molecular formula is C25H35N3O4S. The van der Waals surface area contributed by atoms with Gasteiger partial charge in [0.15, 0.2) is 0 Å². The number of sulfonamides is 1. The molecule has 1 heterocycles. The zero-order valence-electron chi connectivity index (χ0n) is 19.7. The van der Waals surface area contributed by atoms with Crippen molar-refractivity contribution in [1.82, 2.24) is 14.2 Å². The average molecular weight is 474 g/mol. The molecule has 0 unspecified atom stereocenters. The second-order valence-corrected chi connectivity index (χ2v) is 11.6. The standard InChI is InChI=1S/C25H35N3O4S/c1-27-17-22(25(30)26-18-10-6-3-4-7-11-18)24(29)21-16-20(14-15-23(21)27)33(31,32)28(2)19-12-8-5-9-13-19/h14-19H,3-13H2,1-2H3,(H,26,30). The highest BCUT2D eigenvalue weighted by Gasteiger charge is 2.29. The molecule has 0 spiro atoms. The number of carbonyl (C=O) groups is 1. The van der Waals surface area contributed by atoms with Gasteiger partial charge in [0.05, 0.1) is 10.4 Å². The Labute approximate surface area is 196 Å². The zero-order valence-corrected chi connectivity index (χ0v) is 20.5. The summed E-state index contributed by atoms with van der Waals surface area (Å²) in [5.41, 5.74) is 0.237. The van der Waals surface area contributed by atoms with E-state index in [9.17, 15) is 18.0 Å². The minimum Gasteiger partial charge on any atom is -0.350 e. The summed E-state index contributed by atoms with van der Waals surface area (Å²) in [6.07, 6.45) is 12.8. The minimum atomic E-state index is -3.73. The molecule has 0 aliphatic heterocycles. The summed E-state index contributed by atoms with van der Waals surface area (Å²) in [6, 6.07) is 4.72. The summed E-state index contributed by atoms with van der Waals surface area (Å²) < 4.78 is 29.8. The van der Waals surface area contributed by atoms with Gasteiger partial charge in [0.25, 0.3) is 5.91 Å². The van der Waals surface area contributed by atoms with Crippen LogP contribution in [0.2, 0.25) is 0 Å². The number of nitrogens with one attached hydrogen (secondary N) is 1. The first-order valence-electron chi connectivity index (χ1n) is 12.2. The van der Waals surface area contributed by atoms with Gasteiger partial charge in [-0.15, -0.1) is 0 Å². The number of fused-ring (bicyclic) bond motifs is 1. The molecule has 0 bridgehead atoms. The Morgan fingerprint density at radius 1 is 1.00 bits per heavy atom. The molecule has 2 fully saturated rings. The first-order valence-corrected chi connectivity index (χ1v) is 13.7. The molecule has 1 aromatic carbocycles. The van der Waals surface area contributed by atoms with Crippen LogP contribution in [0.25, 0.3) is 10.9 Å². The van der Waals surface area contributed by atoms with Gasteiger partial charge in [-0.3, -0.25) is 9.59 Å². The Kier molecular flexibility index (Phi) is 7.24. The summed E-state index contributed by atoms with van der Waals surface area (Å²) in [6.45, 7) is 0. The van der Waals surface area contributed by atoms with Gasteiger partial charge in [-0.2, -0.15) is 4.31 Å². The normalized spacial score (nSPS) is 19.0. The monoisotopic (exact) mass is 473 g/mol. The van der Waals surface area contributed by atoms with Crippen LogP contribution < -0.4 is 10.7 Å². The van der Waals surface area contributed by atoms with Gasteiger partial charge < -0.3 is 9.88 Å². The Bertz CT molecular complexity index is 1170. The topological polar surface area (TPSA) is 88.5 Å². The highest BCUT2D eigenvalue weighted by molar-refractivity contribution is 7.89. The number of hydrogen-bond acceptors (Lipinski definition) is 4. The van der Waals surface area contributed by atoms with E-state index in [-0.39, 0.29) is 33.8 Å².